The Morgan fingerprint density at radius 1 is 1.14 bits per heavy atom. The SMILES string of the molecule is Cn1c(C(F)(F)F)cc(=O)n(CCc2ccc(Cl)cc2)c1=O. The highest BCUT2D eigenvalue weighted by Crippen LogP contribution is 2.26. The maximum atomic E-state index is 12.7. The highest BCUT2D eigenvalue weighted by molar-refractivity contribution is 6.30. The fourth-order valence-corrected chi connectivity index (χ4v) is 2.17. The minimum atomic E-state index is -4.75. The predicted octanol–water partition coefficient (Wildman–Crippen LogP) is 2.46. The van der Waals surface area contributed by atoms with Gasteiger partial charge in [0.15, 0.2) is 0 Å². The van der Waals surface area contributed by atoms with Crippen LogP contribution in [-0.2, 0) is 26.2 Å². The van der Waals surface area contributed by atoms with Gasteiger partial charge in [-0.05, 0) is 24.1 Å². The van der Waals surface area contributed by atoms with Crippen LogP contribution in [0.15, 0.2) is 39.9 Å². The van der Waals surface area contributed by atoms with Crippen molar-refractivity contribution in [3.63, 3.8) is 0 Å². The zero-order valence-electron chi connectivity index (χ0n) is 11.5. The molecule has 0 radical (unpaired) electrons. The summed E-state index contributed by atoms with van der Waals surface area (Å²) >= 11 is 5.75. The monoisotopic (exact) mass is 332 g/mol. The Morgan fingerprint density at radius 3 is 2.27 bits per heavy atom. The summed E-state index contributed by atoms with van der Waals surface area (Å²) in [7, 11) is 0.989. The number of hydrogen-bond donors (Lipinski definition) is 0. The second-order valence-corrected chi connectivity index (χ2v) is 5.17. The molecule has 118 valence electrons. The van der Waals surface area contributed by atoms with E-state index in [-0.39, 0.29) is 6.54 Å². The largest absolute Gasteiger partial charge is 0.431 e. The van der Waals surface area contributed by atoms with Crippen molar-refractivity contribution in [1.29, 1.82) is 0 Å². The zero-order valence-corrected chi connectivity index (χ0v) is 12.3. The van der Waals surface area contributed by atoms with Gasteiger partial charge in [-0.1, -0.05) is 23.7 Å². The van der Waals surface area contributed by atoms with E-state index in [0.29, 0.717) is 22.1 Å². The number of hydrogen-bond acceptors (Lipinski definition) is 2. The lowest BCUT2D eigenvalue weighted by atomic mass is 10.1. The van der Waals surface area contributed by atoms with E-state index < -0.39 is 23.1 Å². The summed E-state index contributed by atoms with van der Waals surface area (Å²) in [5.41, 5.74) is -2.40. The molecule has 8 heteroatoms. The smallest absolute Gasteiger partial charge is 0.292 e. The quantitative estimate of drug-likeness (QED) is 0.866. The first-order chi connectivity index (χ1) is 10.2. The van der Waals surface area contributed by atoms with Gasteiger partial charge in [-0.2, -0.15) is 13.2 Å². The highest BCUT2D eigenvalue weighted by atomic mass is 35.5. The Bertz CT molecular complexity index is 792. The second-order valence-electron chi connectivity index (χ2n) is 4.74. The maximum absolute atomic E-state index is 12.7. The number of nitrogens with zero attached hydrogens (tertiary/aromatic N) is 2. The fraction of sp³-hybridized carbons (Fsp3) is 0.286. The lowest BCUT2D eigenvalue weighted by molar-refractivity contribution is -0.144. The second kappa shape index (κ2) is 6.00. The van der Waals surface area contributed by atoms with Gasteiger partial charge in [-0.15, -0.1) is 0 Å². The van der Waals surface area contributed by atoms with Crippen molar-refractivity contribution in [1.82, 2.24) is 9.13 Å². The van der Waals surface area contributed by atoms with Crippen molar-refractivity contribution >= 4 is 11.6 Å². The molecule has 0 fully saturated rings. The lowest BCUT2D eigenvalue weighted by Crippen LogP contribution is -2.42. The molecule has 0 aliphatic heterocycles. The third-order valence-corrected chi connectivity index (χ3v) is 3.49. The van der Waals surface area contributed by atoms with Crippen molar-refractivity contribution in [2.24, 2.45) is 7.05 Å². The van der Waals surface area contributed by atoms with Gasteiger partial charge in [0.05, 0.1) is 0 Å². The summed E-state index contributed by atoms with van der Waals surface area (Å²) in [6, 6.07) is 7.20. The van der Waals surface area contributed by atoms with E-state index >= 15 is 0 Å². The number of aryl methyl sites for hydroxylation is 1. The summed E-state index contributed by atoms with van der Waals surface area (Å²) in [6.45, 7) is -0.00865. The molecule has 0 spiro atoms. The van der Waals surface area contributed by atoms with Crippen LogP contribution in [0.3, 0.4) is 0 Å². The molecule has 1 aromatic carbocycles. The number of alkyl halides is 3. The number of aromatic nitrogens is 2. The van der Waals surface area contributed by atoms with Crippen LogP contribution in [0, 0.1) is 0 Å². The van der Waals surface area contributed by atoms with Gasteiger partial charge < -0.3 is 0 Å². The molecule has 0 saturated heterocycles. The van der Waals surface area contributed by atoms with Crippen LogP contribution in [0.1, 0.15) is 11.3 Å². The molecule has 1 aromatic heterocycles. The average Bonchev–Trinajstić information content (AvgIpc) is 2.43. The first kappa shape index (κ1) is 16.4. The van der Waals surface area contributed by atoms with E-state index in [4.69, 9.17) is 11.6 Å². The molecular weight excluding hydrogens is 321 g/mol. The van der Waals surface area contributed by atoms with E-state index in [1.54, 1.807) is 24.3 Å². The Labute approximate surface area is 128 Å². The molecule has 0 aliphatic carbocycles. The lowest BCUT2D eigenvalue weighted by Gasteiger charge is -2.13. The summed E-state index contributed by atoms with van der Waals surface area (Å²) < 4.78 is 39.3. The van der Waals surface area contributed by atoms with E-state index in [0.717, 1.165) is 17.2 Å². The summed E-state index contributed by atoms with van der Waals surface area (Å²) in [5.74, 6) is 0. The molecule has 0 amide bonds. The van der Waals surface area contributed by atoms with Gasteiger partial charge in [-0.3, -0.25) is 13.9 Å². The molecule has 0 atom stereocenters. The molecule has 0 bridgehead atoms. The summed E-state index contributed by atoms with van der Waals surface area (Å²) in [4.78, 5) is 23.7. The minimum Gasteiger partial charge on any atom is -0.292 e. The van der Waals surface area contributed by atoms with Crippen LogP contribution in [0.2, 0.25) is 5.02 Å². The van der Waals surface area contributed by atoms with E-state index in [1.807, 2.05) is 0 Å². The van der Waals surface area contributed by atoms with Crippen LogP contribution in [0.5, 0.6) is 0 Å². The number of halogens is 4. The van der Waals surface area contributed by atoms with Crippen LogP contribution in [0.4, 0.5) is 13.2 Å². The van der Waals surface area contributed by atoms with Gasteiger partial charge in [0.2, 0.25) is 0 Å². The number of rotatable bonds is 3. The van der Waals surface area contributed by atoms with Crippen molar-refractivity contribution < 1.29 is 13.2 Å². The van der Waals surface area contributed by atoms with Crippen molar-refractivity contribution in [2.75, 3.05) is 0 Å². The van der Waals surface area contributed by atoms with Gasteiger partial charge in [0.1, 0.15) is 5.69 Å². The van der Waals surface area contributed by atoms with Gasteiger partial charge in [0.25, 0.3) is 5.56 Å². The first-order valence-electron chi connectivity index (χ1n) is 6.32. The van der Waals surface area contributed by atoms with Crippen LogP contribution in [0.25, 0.3) is 0 Å². The highest BCUT2D eigenvalue weighted by Gasteiger charge is 2.34. The van der Waals surface area contributed by atoms with Crippen molar-refractivity contribution in [3.8, 4) is 0 Å². The molecule has 4 nitrogen and oxygen atoms in total. The summed E-state index contributed by atoms with van der Waals surface area (Å²) in [6.07, 6.45) is -4.42. The van der Waals surface area contributed by atoms with E-state index in [1.165, 1.54) is 0 Å². The summed E-state index contributed by atoms with van der Waals surface area (Å²) in [5, 5.41) is 0.548. The normalized spacial score (nSPS) is 11.7. The molecule has 0 saturated carbocycles. The standard InChI is InChI=1S/C14H12ClF3N2O2/c1-19-11(14(16,17)18)8-12(21)20(13(19)22)7-6-9-2-4-10(15)5-3-9/h2-5,8H,6-7H2,1H3. The van der Waals surface area contributed by atoms with Gasteiger partial charge in [0, 0.05) is 24.7 Å². The molecule has 22 heavy (non-hydrogen) atoms. The Balaban J connectivity index is 2.33. The molecule has 1 heterocycles. The molecule has 2 aromatic rings. The van der Waals surface area contributed by atoms with Gasteiger partial charge in [-0.25, -0.2) is 4.79 Å². The van der Waals surface area contributed by atoms with Crippen LogP contribution in [-0.4, -0.2) is 9.13 Å². The Hall–Kier alpha value is -2.02. The first-order valence-corrected chi connectivity index (χ1v) is 6.70. The fourth-order valence-electron chi connectivity index (χ4n) is 2.04. The van der Waals surface area contributed by atoms with E-state index in [9.17, 15) is 22.8 Å². The third kappa shape index (κ3) is 3.41. The Morgan fingerprint density at radius 2 is 1.73 bits per heavy atom. The minimum absolute atomic E-state index is 0.00865. The van der Waals surface area contributed by atoms with Crippen molar-refractivity contribution in [2.45, 2.75) is 19.1 Å². The zero-order chi connectivity index (χ0) is 16.5. The van der Waals surface area contributed by atoms with Gasteiger partial charge >= 0.3 is 11.9 Å². The van der Waals surface area contributed by atoms with Crippen LogP contribution < -0.4 is 11.2 Å². The topological polar surface area (TPSA) is 44.0 Å². The third-order valence-electron chi connectivity index (χ3n) is 3.23. The maximum Gasteiger partial charge on any atom is 0.431 e. The molecule has 0 N–H and O–H groups in total. The van der Waals surface area contributed by atoms with Crippen molar-refractivity contribution in [3.05, 3.63) is 67.4 Å². The molecule has 2 rings (SSSR count). The predicted molar refractivity (Wildman–Crippen MR) is 76.1 cm³/mol. The number of benzene rings is 1. The average molecular weight is 333 g/mol. The molecule has 0 aliphatic rings. The molecular formula is C14H12ClF3N2O2. The van der Waals surface area contributed by atoms with E-state index in [2.05, 4.69) is 0 Å². The van der Waals surface area contributed by atoms with Crippen LogP contribution >= 0.6 is 11.6 Å². The molecule has 0 unspecified atom stereocenters. The Kier molecular flexibility index (Phi) is 4.46.